The van der Waals surface area contributed by atoms with E-state index >= 15 is 0 Å². The van der Waals surface area contributed by atoms with E-state index in [0.29, 0.717) is 19.1 Å². The Kier molecular flexibility index (Phi) is 8.48. The summed E-state index contributed by atoms with van der Waals surface area (Å²) in [7, 11) is -3.10. The lowest BCUT2D eigenvalue weighted by Crippen LogP contribution is -2.64. The third kappa shape index (κ3) is 8.06. The van der Waals surface area contributed by atoms with Crippen LogP contribution in [-0.2, 0) is 26.1 Å². The Morgan fingerprint density at radius 2 is 1.87 bits per heavy atom. The van der Waals surface area contributed by atoms with Crippen molar-refractivity contribution in [1.29, 1.82) is 0 Å². The van der Waals surface area contributed by atoms with Crippen LogP contribution in [0.4, 0.5) is 13.2 Å². The first-order valence-corrected chi connectivity index (χ1v) is 11.7. The van der Waals surface area contributed by atoms with E-state index < -0.39 is 22.2 Å². The molecule has 2 heterocycles. The molecule has 1 spiro atoms. The number of sulfonamides is 1. The number of carboxylic acid groups (broad SMARTS) is 1. The number of alkyl halides is 3. The Morgan fingerprint density at radius 3 is 2.32 bits per heavy atom. The molecule has 0 saturated carbocycles. The monoisotopic (exact) mass is 466 g/mol. The van der Waals surface area contributed by atoms with Crippen LogP contribution in [0.2, 0.25) is 0 Å². The fourth-order valence-corrected chi connectivity index (χ4v) is 4.20. The summed E-state index contributed by atoms with van der Waals surface area (Å²) in [4.78, 5) is 11.3. The minimum atomic E-state index is -5.08. The number of hydrogen-bond acceptors (Lipinski definition) is 5. The molecule has 2 aliphatic rings. The zero-order chi connectivity index (χ0) is 23.3. The lowest BCUT2D eigenvalue weighted by atomic mass is 9.83. The van der Waals surface area contributed by atoms with Gasteiger partial charge < -0.3 is 9.84 Å². The second-order valence-corrected chi connectivity index (χ2v) is 10.2. The number of likely N-dealkylation sites (tertiary alicyclic amines) is 1. The van der Waals surface area contributed by atoms with E-state index in [4.69, 9.17) is 14.6 Å². The smallest absolute Gasteiger partial charge is 0.475 e. The maximum Gasteiger partial charge on any atom is 0.490 e. The quantitative estimate of drug-likeness (QED) is 0.669. The first-order valence-electron chi connectivity index (χ1n) is 10.0. The first-order chi connectivity index (χ1) is 14.3. The minimum absolute atomic E-state index is 0.00479. The SMILES string of the molecule is CCS(=O)(=O)NCC1CCC2(CN(Cc3ccc(C)cc3)C2)OC1.O=C(O)C(F)(F)F. The summed E-state index contributed by atoms with van der Waals surface area (Å²) in [6.45, 7) is 7.86. The molecule has 0 aliphatic carbocycles. The predicted octanol–water partition coefficient (Wildman–Crippen LogP) is 2.55. The second kappa shape index (κ2) is 10.3. The summed E-state index contributed by atoms with van der Waals surface area (Å²) in [6.07, 6.45) is -3.03. The van der Waals surface area contributed by atoms with E-state index in [2.05, 4.69) is 40.8 Å². The molecule has 11 heteroatoms. The van der Waals surface area contributed by atoms with E-state index in [9.17, 15) is 21.6 Å². The molecule has 2 saturated heterocycles. The predicted molar refractivity (Wildman–Crippen MR) is 109 cm³/mol. The molecule has 0 aromatic heterocycles. The summed E-state index contributed by atoms with van der Waals surface area (Å²) < 4.78 is 63.6. The van der Waals surface area contributed by atoms with Crippen LogP contribution in [0.3, 0.4) is 0 Å². The van der Waals surface area contributed by atoms with Crippen molar-refractivity contribution in [1.82, 2.24) is 9.62 Å². The Bertz CT molecular complexity index is 827. The molecule has 1 aromatic rings. The molecule has 2 fully saturated rings. The molecule has 1 aromatic carbocycles. The largest absolute Gasteiger partial charge is 0.490 e. The van der Waals surface area contributed by atoms with Crippen molar-refractivity contribution in [3.63, 3.8) is 0 Å². The normalized spacial score (nSPS) is 21.1. The van der Waals surface area contributed by atoms with Crippen molar-refractivity contribution in [2.75, 3.05) is 32.0 Å². The molecule has 0 radical (unpaired) electrons. The van der Waals surface area contributed by atoms with Crippen molar-refractivity contribution < 1.29 is 36.2 Å². The second-order valence-electron chi connectivity index (χ2n) is 8.08. The number of nitrogens with zero attached hydrogens (tertiary/aromatic N) is 1. The lowest BCUT2D eigenvalue weighted by Gasteiger charge is -2.53. The van der Waals surface area contributed by atoms with Gasteiger partial charge >= 0.3 is 12.1 Å². The lowest BCUT2D eigenvalue weighted by molar-refractivity contribution is -0.192. The van der Waals surface area contributed by atoms with Crippen molar-refractivity contribution >= 4 is 16.0 Å². The van der Waals surface area contributed by atoms with Gasteiger partial charge in [0, 0.05) is 26.2 Å². The van der Waals surface area contributed by atoms with Crippen molar-refractivity contribution in [3.8, 4) is 0 Å². The van der Waals surface area contributed by atoms with Crippen LogP contribution in [-0.4, -0.2) is 68.2 Å². The number of halogens is 3. The topological polar surface area (TPSA) is 95.9 Å². The number of benzene rings is 1. The Labute approximate surface area is 180 Å². The molecular weight excluding hydrogens is 437 g/mol. The average molecular weight is 467 g/mol. The number of carboxylic acids is 1. The molecule has 0 bridgehead atoms. The number of aryl methyl sites for hydroxylation is 1. The summed E-state index contributed by atoms with van der Waals surface area (Å²) >= 11 is 0. The van der Waals surface area contributed by atoms with Crippen molar-refractivity contribution in [3.05, 3.63) is 35.4 Å². The number of carbonyl (C=O) groups is 1. The minimum Gasteiger partial charge on any atom is -0.475 e. The Balaban J connectivity index is 0.000000423. The highest BCUT2D eigenvalue weighted by Gasteiger charge is 2.46. The van der Waals surface area contributed by atoms with E-state index in [0.717, 1.165) is 32.5 Å². The highest BCUT2D eigenvalue weighted by Crippen LogP contribution is 2.36. The zero-order valence-electron chi connectivity index (χ0n) is 17.6. The average Bonchev–Trinajstić information content (AvgIpc) is 2.68. The number of hydrogen-bond donors (Lipinski definition) is 2. The van der Waals surface area contributed by atoms with E-state index in [1.165, 1.54) is 11.1 Å². The van der Waals surface area contributed by atoms with E-state index in [1.54, 1.807) is 6.92 Å². The molecule has 7 nitrogen and oxygen atoms in total. The molecule has 2 N–H and O–H groups in total. The number of ether oxygens (including phenoxy) is 1. The fraction of sp³-hybridized carbons (Fsp3) is 0.650. The van der Waals surface area contributed by atoms with Gasteiger partial charge in [-0.3, -0.25) is 4.90 Å². The highest BCUT2D eigenvalue weighted by molar-refractivity contribution is 7.89. The van der Waals surface area contributed by atoms with Crippen LogP contribution in [0, 0.1) is 12.8 Å². The van der Waals surface area contributed by atoms with Gasteiger partial charge in [-0.2, -0.15) is 13.2 Å². The van der Waals surface area contributed by atoms with Gasteiger partial charge in [-0.1, -0.05) is 29.8 Å². The van der Waals surface area contributed by atoms with Crippen LogP contribution in [0.25, 0.3) is 0 Å². The van der Waals surface area contributed by atoms with Gasteiger partial charge in [0.05, 0.1) is 18.0 Å². The highest BCUT2D eigenvalue weighted by atomic mass is 32.2. The van der Waals surface area contributed by atoms with Crippen molar-refractivity contribution in [2.24, 2.45) is 5.92 Å². The van der Waals surface area contributed by atoms with E-state index in [1.807, 2.05) is 0 Å². The van der Waals surface area contributed by atoms with Crippen LogP contribution in [0.1, 0.15) is 30.9 Å². The van der Waals surface area contributed by atoms with Gasteiger partial charge in [-0.25, -0.2) is 17.9 Å². The van der Waals surface area contributed by atoms with Crippen LogP contribution in [0.5, 0.6) is 0 Å². The zero-order valence-corrected chi connectivity index (χ0v) is 18.4. The third-order valence-corrected chi connectivity index (χ3v) is 6.76. The molecule has 176 valence electrons. The van der Waals surface area contributed by atoms with Gasteiger partial charge in [0.25, 0.3) is 0 Å². The number of rotatable bonds is 6. The van der Waals surface area contributed by atoms with Crippen LogP contribution >= 0.6 is 0 Å². The summed E-state index contributed by atoms with van der Waals surface area (Å²) in [6, 6.07) is 8.70. The molecule has 0 amide bonds. The fourth-order valence-electron chi connectivity index (χ4n) is 3.51. The standard InChI is InChI=1S/C18H28N2O3S.C2HF3O2/c1-3-24(21,22)19-10-17-8-9-18(23-12-17)13-20(14-18)11-16-6-4-15(2)5-7-16;3-2(4,5)1(6)7/h4-7,17,19H,3,8-14H2,1-2H3;(H,6,7). The summed E-state index contributed by atoms with van der Waals surface area (Å²) in [5.74, 6) is -2.33. The molecule has 3 rings (SSSR count). The van der Waals surface area contributed by atoms with E-state index in [-0.39, 0.29) is 11.4 Å². The van der Waals surface area contributed by atoms with Gasteiger partial charge in [-0.15, -0.1) is 0 Å². The van der Waals surface area contributed by atoms with Gasteiger partial charge in [0.1, 0.15) is 0 Å². The third-order valence-electron chi connectivity index (χ3n) is 5.40. The molecule has 31 heavy (non-hydrogen) atoms. The molecule has 2 aliphatic heterocycles. The van der Waals surface area contributed by atoms with Crippen LogP contribution in [0.15, 0.2) is 24.3 Å². The Morgan fingerprint density at radius 1 is 1.29 bits per heavy atom. The summed E-state index contributed by atoms with van der Waals surface area (Å²) in [5, 5.41) is 7.12. The first kappa shape index (κ1) is 25.6. The van der Waals surface area contributed by atoms with Gasteiger partial charge in [0.2, 0.25) is 10.0 Å². The van der Waals surface area contributed by atoms with Gasteiger partial charge in [-0.05, 0) is 38.2 Å². The maximum absolute atomic E-state index is 11.5. The maximum atomic E-state index is 11.5. The summed E-state index contributed by atoms with van der Waals surface area (Å²) in [5.41, 5.74) is 2.64. The van der Waals surface area contributed by atoms with Gasteiger partial charge in [0.15, 0.2) is 0 Å². The number of aliphatic carboxylic acids is 1. The Hall–Kier alpha value is -1.69. The molecule has 1 unspecified atom stereocenters. The molecular formula is C20H29F3N2O5S. The van der Waals surface area contributed by atoms with Crippen molar-refractivity contribution in [2.45, 2.75) is 45.0 Å². The van der Waals surface area contributed by atoms with Crippen LogP contribution < -0.4 is 4.72 Å². The number of nitrogens with one attached hydrogen (secondary N) is 1. The molecule has 1 atom stereocenters.